The number of hydrogen-bond donors (Lipinski definition) is 1. The number of benzene rings is 2. The average molecular weight is 380 g/mol. The Morgan fingerprint density at radius 2 is 2.07 bits per heavy atom. The van der Waals surface area contributed by atoms with E-state index in [9.17, 15) is 18.0 Å². The molecular weight excluding hydrogens is 365 g/mol. The molecule has 0 fully saturated rings. The summed E-state index contributed by atoms with van der Waals surface area (Å²) in [7, 11) is 1.31. The van der Waals surface area contributed by atoms with Crippen molar-refractivity contribution in [1.29, 1.82) is 0 Å². The van der Waals surface area contributed by atoms with Gasteiger partial charge in [0.15, 0.2) is 11.5 Å². The van der Waals surface area contributed by atoms with Gasteiger partial charge in [0.1, 0.15) is 5.82 Å². The highest BCUT2D eigenvalue weighted by atomic mass is 19.3. The van der Waals surface area contributed by atoms with Gasteiger partial charge in [0.25, 0.3) is 5.91 Å². The van der Waals surface area contributed by atoms with E-state index in [1.165, 1.54) is 43.5 Å². The topological polar surface area (TPSA) is 69.2 Å². The molecule has 9 heteroatoms. The Bertz CT molecular complexity index is 873. The van der Waals surface area contributed by atoms with Crippen LogP contribution in [0.3, 0.4) is 0 Å². The Morgan fingerprint density at radius 1 is 1.26 bits per heavy atom. The predicted molar refractivity (Wildman–Crippen MR) is 90.7 cm³/mol. The van der Waals surface area contributed by atoms with Gasteiger partial charge in [-0.3, -0.25) is 4.79 Å². The van der Waals surface area contributed by atoms with Gasteiger partial charge in [-0.2, -0.15) is 8.78 Å². The molecule has 0 radical (unpaired) electrons. The van der Waals surface area contributed by atoms with Crippen molar-refractivity contribution >= 4 is 17.3 Å². The highest BCUT2D eigenvalue weighted by Crippen LogP contribution is 2.31. The molecule has 2 aromatic carbocycles. The minimum absolute atomic E-state index is 0.0992. The Labute approximate surface area is 152 Å². The van der Waals surface area contributed by atoms with Gasteiger partial charge < -0.3 is 19.6 Å². The van der Waals surface area contributed by atoms with E-state index < -0.39 is 24.4 Å². The van der Waals surface area contributed by atoms with Gasteiger partial charge in [-0.15, -0.1) is 0 Å². The maximum atomic E-state index is 13.3. The molecule has 27 heavy (non-hydrogen) atoms. The van der Waals surface area contributed by atoms with Crippen molar-refractivity contribution in [1.82, 2.24) is 0 Å². The molecule has 1 N–H and O–H groups in total. The number of hydrogen-bond acceptors (Lipinski definition) is 5. The molecule has 0 saturated heterocycles. The van der Waals surface area contributed by atoms with E-state index in [-0.39, 0.29) is 23.6 Å². The number of nitrogens with one attached hydrogen (secondary N) is 1. The third-order valence-electron chi connectivity index (χ3n) is 3.77. The SMILES string of the molecule is COc1ccc(NC(=O)C2CC(c3cccc(F)c3)=NO2)cc1OC(F)F. The molecule has 1 atom stereocenters. The van der Waals surface area contributed by atoms with E-state index in [0.29, 0.717) is 11.3 Å². The lowest BCUT2D eigenvalue weighted by atomic mass is 10.0. The molecule has 1 aliphatic heterocycles. The maximum Gasteiger partial charge on any atom is 0.387 e. The minimum atomic E-state index is -3.04. The number of halogens is 3. The number of amides is 1. The van der Waals surface area contributed by atoms with Crippen molar-refractivity contribution in [2.75, 3.05) is 12.4 Å². The smallest absolute Gasteiger partial charge is 0.387 e. The Hall–Kier alpha value is -3.23. The van der Waals surface area contributed by atoms with Crippen molar-refractivity contribution in [2.24, 2.45) is 5.16 Å². The highest BCUT2D eigenvalue weighted by Gasteiger charge is 2.29. The fourth-order valence-corrected chi connectivity index (χ4v) is 2.52. The van der Waals surface area contributed by atoms with Crippen LogP contribution < -0.4 is 14.8 Å². The van der Waals surface area contributed by atoms with Gasteiger partial charge >= 0.3 is 6.61 Å². The molecule has 1 amide bonds. The number of alkyl halides is 2. The third-order valence-corrected chi connectivity index (χ3v) is 3.77. The number of nitrogens with zero attached hydrogens (tertiary/aromatic N) is 1. The first kappa shape index (κ1) is 18.6. The summed E-state index contributed by atoms with van der Waals surface area (Å²) >= 11 is 0. The fraction of sp³-hybridized carbons (Fsp3) is 0.222. The molecule has 6 nitrogen and oxygen atoms in total. The molecule has 1 heterocycles. The number of carbonyl (C=O) groups excluding carboxylic acids is 1. The summed E-state index contributed by atoms with van der Waals surface area (Å²) in [5.41, 5.74) is 1.17. The summed E-state index contributed by atoms with van der Waals surface area (Å²) in [4.78, 5) is 17.5. The Balaban J connectivity index is 1.66. The van der Waals surface area contributed by atoms with E-state index in [1.54, 1.807) is 6.07 Å². The van der Waals surface area contributed by atoms with Gasteiger partial charge in [0.05, 0.1) is 12.8 Å². The van der Waals surface area contributed by atoms with Crippen LogP contribution in [-0.4, -0.2) is 31.4 Å². The van der Waals surface area contributed by atoms with Gasteiger partial charge in [-0.25, -0.2) is 4.39 Å². The van der Waals surface area contributed by atoms with Crippen LogP contribution in [0.15, 0.2) is 47.6 Å². The quantitative estimate of drug-likeness (QED) is 0.832. The number of anilines is 1. The summed E-state index contributed by atoms with van der Waals surface area (Å²) in [6.07, 6.45) is -0.781. The van der Waals surface area contributed by atoms with E-state index in [4.69, 9.17) is 9.57 Å². The lowest BCUT2D eigenvalue weighted by Crippen LogP contribution is -2.28. The van der Waals surface area contributed by atoms with Crippen LogP contribution in [0.1, 0.15) is 12.0 Å². The number of oxime groups is 1. The summed E-state index contributed by atoms with van der Waals surface area (Å²) in [5.74, 6) is -1.07. The summed E-state index contributed by atoms with van der Waals surface area (Å²) in [6, 6.07) is 9.85. The molecule has 2 aromatic rings. The van der Waals surface area contributed by atoms with Crippen molar-refractivity contribution in [3.05, 3.63) is 53.8 Å². The number of methoxy groups -OCH3 is 1. The normalized spacial score (nSPS) is 15.9. The summed E-state index contributed by atoms with van der Waals surface area (Å²) in [6.45, 7) is -3.04. The van der Waals surface area contributed by atoms with Crippen molar-refractivity contribution in [3.63, 3.8) is 0 Å². The van der Waals surface area contributed by atoms with Crippen LogP contribution in [0.4, 0.5) is 18.9 Å². The molecule has 3 rings (SSSR count). The Kier molecular flexibility index (Phi) is 5.49. The lowest BCUT2D eigenvalue weighted by Gasteiger charge is -2.13. The van der Waals surface area contributed by atoms with Crippen LogP contribution in [0.5, 0.6) is 11.5 Å². The van der Waals surface area contributed by atoms with Crippen molar-refractivity contribution in [2.45, 2.75) is 19.1 Å². The minimum Gasteiger partial charge on any atom is -0.493 e. The molecule has 0 bridgehead atoms. The molecular formula is C18H15F3N2O4. The van der Waals surface area contributed by atoms with Gasteiger partial charge in [0, 0.05) is 23.7 Å². The molecule has 142 valence electrons. The second kappa shape index (κ2) is 7.98. The van der Waals surface area contributed by atoms with Gasteiger partial charge in [0.2, 0.25) is 6.10 Å². The first-order valence-electron chi connectivity index (χ1n) is 7.88. The predicted octanol–water partition coefficient (Wildman–Crippen LogP) is 3.57. The molecule has 1 aliphatic rings. The van der Waals surface area contributed by atoms with Gasteiger partial charge in [-0.05, 0) is 24.3 Å². The molecule has 0 spiro atoms. The molecule has 0 saturated carbocycles. The van der Waals surface area contributed by atoms with Crippen molar-refractivity contribution in [3.8, 4) is 11.5 Å². The maximum absolute atomic E-state index is 13.3. The van der Waals surface area contributed by atoms with Crippen LogP contribution in [-0.2, 0) is 9.63 Å². The number of carbonyl (C=O) groups is 1. The van der Waals surface area contributed by atoms with E-state index >= 15 is 0 Å². The van der Waals surface area contributed by atoms with Crippen LogP contribution in [0, 0.1) is 5.82 Å². The zero-order valence-electron chi connectivity index (χ0n) is 14.1. The molecule has 0 aromatic heterocycles. The highest BCUT2D eigenvalue weighted by molar-refractivity contribution is 6.06. The van der Waals surface area contributed by atoms with E-state index in [2.05, 4.69) is 15.2 Å². The van der Waals surface area contributed by atoms with Crippen LogP contribution in [0.2, 0.25) is 0 Å². The standard InChI is InChI=1S/C18H15F3N2O4/c1-25-14-6-5-12(8-15(14)26-18(20)21)22-17(24)16-9-13(23-27-16)10-3-2-4-11(19)7-10/h2-8,16,18H,9H2,1H3,(H,22,24). The lowest BCUT2D eigenvalue weighted by molar-refractivity contribution is -0.125. The van der Waals surface area contributed by atoms with E-state index in [1.807, 2.05) is 0 Å². The second-order valence-electron chi connectivity index (χ2n) is 5.58. The fourth-order valence-electron chi connectivity index (χ4n) is 2.52. The largest absolute Gasteiger partial charge is 0.493 e. The average Bonchev–Trinajstić information content (AvgIpc) is 3.12. The molecule has 0 aliphatic carbocycles. The summed E-state index contributed by atoms with van der Waals surface area (Å²) < 4.78 is 47.6. The van der Waals surface area contributed by atoms with Crippen LogP contribution in [0.25, 0.3) is 0 Å². The third kappa shape index (κ3) is 4.49. The zero-order chi connectivity index (χ0) is 19.4. The zero-order valence-corrected chi connectivity index (χ0v) is 14.1. The first-order chi connectivity index (χ1) is 13.0. The summed E-state index contributed by atoms with van der Waals surface area (Å²) in [5, 5.41) is 6.36. The first-order valence-corrected chi connectivity index (χ1v) is 7.88. The number of rotatable bonds is 6. The van der Waals surface area contributed by atoms with E-state index in [0.717, 1.165) is 0 Å². The monoisotopic (exact) mass is 380 g/mol. The van der Waals surface area contributed by atoms with Crippen molar-refractivity contribution < 1.29 is 32.3 Å². The second-order valence-corrected chi connectivity index (χ2v) is 5.58. The Morgan fingerprint density at radius 3 is 2.78 bits per heavy atom. The number of ether oxygens (including phenoxy) is 2. The molecule has 1 unspecified atom stereocenters. The van der Waals surface area contributed by atoms with Gasteiger partial charge in [-0.1, -0.05) is 17.3 Å². The van der Waals surface area contributed by atoms with Crippen LogP contribution >= 0.6 is 0 Å².